The molecule has 0 bridgehead atoms. The number of ether oxygens (including phenoxy) is 3. The summed E-state index contributed by atoms with van der Waals surface area (Å²) in [5.74, 6) is 0.00295. The predicted molar refractivity (Wildman–Crippen MR) is 119 cm³/mol. The Morgan fingerprint density at radius 1 is 1.00 bits per heavy atom. The first-order valence-corrected chi connectivity index (χ1v) is 12.7. The van der Waals surface area contributed by atoms with Crippen molar-refractivity contribution in [3.05, 3.63) is 71.8 Å². The minimum Gasteiger partial charge on any atom is -0.384 e. The molecular weight excluding hydrogens is 416 g/mol. The van der Waals surface area contributed by atoms with Gasteiger partial charge in [0.1, 0.15) is 27.6 Å². The minimum absolute atomic E-state index is 0.00295. The van der Waals surface area contributed by atoms with Gasteiger partial charge < -0.3 is 19.3 Å². The third-order valence-corrected chi connectivity index (χ3v) is 6.75. The van der Waals surface area contributed by atoms with Gasteiger partial charge in [0.15, 0.2) is 0 Å². The maximum absolute atomic E-state index is 11.6. The zero-order valence-corrected chi connectivity index (χ0v) is 19.0. The van der Waals surface area contributed by atoms with Crippen molar-refractivity contribution in [2.24, 2.45) is 0 Å². The molecule has 2 aromatic carbocycles. The molecule has 7 heteroatoms. The van der Waals surface area contributed by atoms with Gasteiger partial charge in [-0.2, -0.15) is 0 Å². The van der Waals surface area contributed by atoms with Crippen LogP contribution in [0.4, 0.5) is 0 Å². The molecule has 0 amide bonds. The lowest BCUT2D eigenvalue weighted by Crippen LogP contribution is -2.63. The molecule has 1 fully saturated rings. The molecule has 1 heterocycles. The Morgan fingerprint density at radius 3 is 2.10 bits per heavy atom. The van der Waals surface area contributed by atoms with E-state index in [9.17, 15) is 13.5 Å². The fourth-order valence-electron chi connectivity index (χ4n) is 3.91. The minimum atomic E-state index is -3.13. The number of aliphatic hydroxyl groups is 1. The van der Waals surface area contributed by atoms with Gasteiger partial charge in [0, 0.05) is 12.0 Å². The van der Waals surface area contributed by atoms with Crippen LogP contribution in [0.1, 0.15) is 30.9 Å². The van der Waals surface area contributed by atoms with Crippen molar-refractivity contribution in [1.82, 2.24) is 0 Å². The average molecular weight is 449 g/mol. The molecule has 1 aliphatic rings. The molecule has 2 unspecified atom stereocenters. The van der Waals surface area contributed by atoms with E-state index in [0.29, 0.717) is 26.2 Å². The predicted octanol–water partition coefficient (Wildman–Crippen LogP) is 3.13. The lowest BCUT2D eigenvalue weighted by Gasteiger charge is -2.47. The highest BCUT2D eigenvalue weighted by Crippen LogP contribution is 2.35. The van der Waals surface area contributed by atoms with Crippen LogP contribution in [0.3, 0.4) is 0 Å². The van der Waals surface area contributed by atoms with Gasteiger partial charge in [-0.25, -0.2) is 8.42 Å². The van der Waals surface area contributed by atoms with Gasteiger partial charge in [-0.05, 0) is 30.9 Å². The summed E-state index contributed by atoms with van der Waals surface area (Å²) in [5, 5.41) is 11.6. The average Bonchev–Trinajstić information content (AvgIpc) is 2.74. The number of sulfone groups is 1. The van der Waals surface area contributed by atoms with E-state index in [1.54, 1.807) is 6.92 Å². The molecule has 1 aliphatic heterocycles. The Bertz CT molecular complexity index is 902. The van der Waals surface area contributed by atoms with E-state index >= 15 is 0 Å². The van der Waals surface area contributed by atoms with Crippen LogP contribution in [0.2, 0.25) is 0 Å². The summed E-state index contributed by atoms with van der Waals surface area (Å²) in [4.78, 5) is 0. The van der Waals surface area contributed by atoms with E-state index in [1.165, 1.54) is 6.26 Å². The number of benzene rings is 2. The molecule has 3 rings (SSSR count). The fraction of sp³-hybridized carbons (Fsp3) is 0.500. The molecule has 6 nitrogen and oxygen atoms in total. The summed E-state index contributed by atoms with van der Waals surface area (Å²) >= 11 is 0. The molecule has 1 saturated heterocycles. The number of rotatable bonds is 10. The Labute approximate surface area is 185 Å². The number of hydrogen-bond acceptors (Lipinski definition) is 6. The Hall–Kier alpha value is -1.77. The Kier molecular flexibility index (Phi) is 8.24. The summed E-state index contributed by atoms with van der Waals surface area (Å²) in [6.07, 6.45) is 0.117. The normalized spacial score (nSPS) is 26.6. The molecule has 0 spiro atoms. The summed E-state index contributed by atoms with van der Waals surface area (Å²) in [7, 11) is -3.13. The first kappa shape index (κ1) is 23.9. The molecule has 170 valence electrons. The van der Waals surface area contributed by atoms with Crippen molar-refractivity contribution < 1.29 is 27.7 Å². The molecule has 1 N–H and O–H groups in total. The standard InChI is InChI=1S/C24H32O6S/c1-19-24(25,14-9-15-31(2,26)27)23(30-17-21-12-7-4-8-13-21)22(18-28-19)29-16-20-10-5-3-6-11-20/h3-8,10-13,19,22-23,25H,9,14-18H2,1-2H3/t19?,22?,23-,24-/m1/s1. The third-order valence-electron chi connectivity index (χ3n) is 5.72. The van der Waals surface area contributed by atoms with E-state index in [-0.39, 0.29) is 12.2 Å². The molecule has 0 radical (unpaired) electrons. The number of hydrogen-bond donors (Lipinski definition) is 1. The quantitative estimate of drug-likeness (QED) is 0.601. The molecule has 0 saturated carbocycles. The van der Waals surface area contributed by atoms with Crippen molar-refractivity contribution in [2.75, 3.05) is 18.6 Å². The highest BCUT2D eigenvalue weighted by molar-refractivity contribution is 7.90. The summed E-state index contributed by atoms with van der Waals surface area (Å²) in [5.41, 5.74) is 0.643. The second-order valence-electron chi connectivity index (χ2n) is 8.25. The van der Waals surface area contributed by atoms with Crippen molar-refractivity contribution in [1.29, 1.82) is 0 Å². The maximum Gasteiger partial charge on any atom is 0.147 e. The molecular formula is C24H32O6S. The van der Waals surface area contributed by atoms with Gasteiger partial charge in [-0.15, -0.1) is 0 Å². The summed E-state index contributed by atoms with van der Waals surface area (Å²) in [6.45, 7) is 2.78. The van der Waals surface area contributed by atoms with Crippen LogP contribution >= 0.6 is 0 Å². The van der Waals surface area contributed by atoms with Crippen molar-refractivity contribution >= 4 is 9.84 Å². The van der Waals surface area contributed by atoms with Crippen molar-refractivity contribution in [3.8, 4) is 0 Å². The topological polar surface area (TPSA) is 82.1 Å². The van der Waals surface area contributed by atoms with Gasteiger partial charge in [-0.3, -0.25) is 0 Å². The van der Waals surface area contributed by atoms with Crippen LogP contribution in [0.25, 0.3) is 0 Å². The first-order chi connectivity index (χ1) is 14.8. The van der Waals surface area contributed by atoms with Gasteiger partial charge in [0.2, 0.25) is 0 Å². The van der Waals surface area contributed by atoms with E-state index in [0.717, 1.165) is 11.1 Å². The smallest absolute Gasteiger partial charge is 0.147 e. The monoisotopic (exact) mass is 448 g/mol. The zero-order valence-electron chi connectivity index (χ0n) is 18.1. The van der Waals surface area contributed by atoms with Crippen LogP contribution in [0.15, 0.2) is 60.7 Å². The van der Waals surface area contributed by atoms with Crippen LogP contribution in [0, 0.1) is 0 Å². The highest BCUT2D eigenvalue weighted by Gasteiger charge is 2.51. The summed E-state index contributed by atoms with van der Waals surface area (Å²) in [6, 6.07) is 19.5. The molecule has 0 aromatic heterocycles. The molecule has 4 atom stereocenters. The maximum atomic E-state index is 11.6. The highest BCUT2D eigenvalue weighted by atomic mass is 32.2. The van der Waals surface area contributed by atoms with Crippen LogP contribution in [0.5, 0.6) is 0 Å². The van der Waals surface area contributed by atoms with Gasteiger partial charge in [-0.1, -0.05) is 60.7 Å². The Balaban J connectivity index is 1.76. The van der Waals surface area contributed by atoms with Gasteiger partial charge in [0.25, 0.3) is 0 Å². The van der Waals surface area contributed by atoms with Crippen LogP contribution < -0.4 is 0 Å². The molecule has 31 heavy (non-hydrogen) atoms. The van der Waals surface area contributed by atoms with Gasteiger partial charge >= 0.3 is 0 Å². The van der Waals surface area contributed by atoms with E-state index < -0.39 is 33.8 Å². The van der Waals surface area contributed by atoms with Crippen molar-refractivity contribution in [2.45, 2.75) is 56.9 Å². The zero-order chi connectivity index (χ0) is 22.3. The van der Waals surface area contributed by atoms with Crippen molar-refractivity contribution in [3.63, 3.8) is 0 Å². The second-order valence-corrected chi connectivity index (χ2v) is 10.5. The molecule has 2 aromatic rings. The first-order valence-electron chi connectivity index (χ1n) is 10.6. The van der Waals surface area contributed by atoms with Crippen LogP contribution in [-0.2, 0) is 37.3 Å². The van der Waals surface area contributed by atoms with Gasteiger partial charge in [0.05, 0.1) is 25.9 Å². The lowest BCUT2D eigenvalue weighted by atomic mass is 9.81. The lowest BCUT2D eigenvalue weighted by molar-refractivity contribution is -0.267. The molecule has 0 aliphatic carbocycles. The van der Waals surface area contributed by atoms with E-state index in [4.69, 9.17) is 14.2 Å². The van der Waals surface area contributed by atoms with E-state index in [2.05, 4.69) is 0 Å². The third kappa shape index (κ3) is 6.85. The fourth-order valence-corrected chi connectivity index (χ4v) is 4.58. The largest absolute Gasteiger partial charge is 0.384 e. The second kappa shape index (κ2) is 10.7. The SMILES string of the molecule is CC1OCC(OCc2ccccc2)[C@@H](OCc2ccccc2)[C@@]1(O)CCCS(C)(=O)=O. The van der Waals surface area contributed by atoms with Crippen LogP contribution in [-0.4, -0.2) is 56.1 Å². The Morgan fingerprint density at radius 2 is 1.55 bits per heavy atom. The van der Waals surface area contributed by atoms with E-state index in [1.807, 2.05) is 60.7 Å². The summed E-state index contributed by atoms with van der Waals surface area (Å²) < 4.78 is 41.4.